The molecule has 0 saturated carbocycles. The standard InChI is InChI=1S/C30H28N4O3Si/c1-32-9-7-17-11-22-26(14-24(17)32)38(3,4)27-15-25-18(8-10-33(25)2)12-23(27)30(22)21-13-19(29(36)37)5-6-20(21)28(35)34(30)16-31/h5-6,11-15H,7-10H2,1-4H3,(H,36,37). The maximum Gasteiger partial charge on any atom is 0.335 e. The number of carbonyl (C=O) groups is 2. The molecule has 4 aliphatic heterocycles. The van der Waals surface area contributed by atoms with Crippen LogP contribution in [-0.4, -0.2) is 57.1 Å². The van der Waals surface area contributed by atoms with Gasteiger partial charge in [-0.2, -0.15) is 5.26 Å². The van der Waals surface area contributed by atoms with Gasteiger partial charge in [0.1, 0.15) is 13.6 Å². The van der Waals surface area contributed by atoms with Gasteiger partial charge < -0.3 is 14.9 Å². The second-order valence-electron chi connectivity index (χ2n) is 11.5. The van der Waals surface area contributed by atoms with Crippen LogP contribution in [0.3, 0.4) is 0 Å². The van der Waals surface area contributed by atoms with Crippen molar-refractivity contribution in [2.75, 3.05) is 37.0 Å². The van der Waals surface area contributed by atoms with Crippen molar-refractivity contribution in [2.45, 2.75) is 31.5 Å². The lowest BCUT2D eigenvalue weighted by atomic mass is 9.75. The molecule has 0 atom stereocenters. The minimum absolute atomic E-state index is 0.114. The molecule has 7 nitrogen and oxygen atoms in total. The van der Waals surface area contributed by atoms with Crippen molar-refractivity contribution in [1.82, 2.24) is 4.90 Å². The molecule has 8 heteroatoms. The summed E-state index contributed by atoms with van der Waals surface area (Å²) in [6.45, 7) is 6.53. The molecule has 38 heavy (non-hydrogen) atoms. The van der Waals surface area contributed by atoms with Crippen LogP contribution in [0.1, 0.15) is 48.5 Å². The number of aromatic carboxylic acids is 1. The van der Waals surface area contributed by atoms with E-state index in [9.17, 15) is 20.0 Å². The number of amides is 1. The lowest BCUT2D eigenvalue weighted by Crippen LogP contribution is -2.65. The minimum Gasteiger partial charge on any atom is -0.478 e. The molecule has 0 unspecified atom stereocenters. The van der Waals surface area contributed by atoms with E-state index in [1.165, 1.54) is 43.8 Å². The number of carboxylic acids is 1. The van der Waals surface area contributed by atoms with E-state index in [1.54, 1.807) is 12.1 Å². The number of rotatable bonds is 1. The summed E-state index contributed by atoms with van der Waals surface area (Å²) in [6, 6.07) is 13.7. The largest absolute Gasteiger partial charge is 0.478 e. The van der Waals surface area contributed by atoms with Crippen LogP contribution in [0.25, 0.3) is 0 Å². The number of hydrogen-bond acceptors (Lipinski definition) is 5. The van der Waals surface area contributed by atoms with E-state index in [4.69, 9.17) is 0 Å². The Morgan fingerprint density at radius 2 is 1.47 bits per heavy atom. The molecule has 0 bridgehead atoms. The highest BCUT2D eigenvalue weighted by Gasteiger charge is 2.59. The molecule has 0 aliphatic carbocycles. The molecule has 190 valence electrons. The summed E-state index contributed by atoms with van der Waals surface area (Å²) in [4.78, 5) is 31.9. The van der Waals surface area contributed by atoms with Crippen LogP contribution >= 0.6 is 0 Å². The van der Waals surface area contributed by atoms with Crippen molar-refractivity contribution >= 4 is 41.7 Å². The van der Waals surface area contributed by atoms with Crippen LogP contribution in [-0.2, 0) is 18.4 Å². The van der Waals surface area contributed by atoms with Crippen molar-refractivity contribution < 1.29 is 14.7 Å². The number of hydrogen-bond donors (Lipinski definition) is 1. The molecule has 0 aromatic heterocycles. The first-order valence-electron chi connectivity index (χ1n) is 13.0. The fraction of sp³-hybridized carbons (Fsp3) is 0.300. The molecular weight excluding hydrogens is 492 g/mol. The normalized spacial score (nSPS) is 19.1. The van der Waals surface area contributed by atoms with Crippen LogP contribution in [0.2, 0.25) is 13.1 Å². The van der Waals surface area contributed by atoms with E-state index >= 15 is 0 Å². The SMILES string of the molecule is CN1CCc2cc3c(cc21)[Si](C)(C)c1cc2c(cc1C31c3cc(C(=O)O)ccc3C(=O)N1C#N)CCN2C. The molecule has 1 spiro atoms. The average Bonchev–Trinajstić information content (AvgIpc) is 3.53. The number of likely N-dealkylation sites (N-methyl/N-ethyl adjacent to an activating group) is 2. The molecule has 3 aromatic carbocycles. The second-order valence-corrected chi connectivity index (χ2v) is 15.9. The number of anilines is 2. The first kappa shape index (κ1) is 23.1. The Morgan fingerprint density at radius 3 is 1.97 bits per heavy atom. The lowest BCUT2D eigenvalue weighted by molar-refractivity contribution is 0.0696. The molecule has 7 rings (SSSR count). The summed E-state index contributed by atoms with van der Waals surface area (Å²) in [7, 11) is 1.91. The maximum absolute atomic E-state index is 13.9. The number of benzene rings is 3. The first-order valence-corrected chi connectivity index (χ1v) is 16.0. The van der Waals surface area contributed by atoms with Crippen LogP contribution in [0.15, 0.2) is 42.5 Å². The predicted octanol–water partition coefficient (Wildman–Crippen LogP) is 2.73. The number of carbonyl (C=O) groups excluding carboxylic acids is 1. The Hall–Kier alpha value is -4.09. The Bertz CT molecular complexity index is 1600. The summed E-state index contributed by atoms with van der Waals surface area (Å²) in [5, 5.41) is 22.9. The molecule has 0 fully saturated rings. The summed E-state index contributed by atoms with van der Waals surface area (Å²) < 4.78 is 0. The van der Waals surface area contributed by atoms with Crippen LogP contribution in [0.5, 0.6) is 0 Å². The Labute approximate surface area is 222 Å². The summed E-state index contributed by atoms with van der Waals surface area (Å²) in [5.74, 6) is -1.43. The van der Waals surface area contributed by atoms with Gasteiger partial charge in [0, 0.05) is 49.7 Å². The van der Waals surface area contributed by atoms with Crippen LogP contribution in [0, 0.1) is 11.5 Å². The molecule has 4 aliphatic rings. The highest BCUT2D eigenvalue weighted by atomic mass is 28.3. The summed E-state index contributed by atoms with van der Waals surface area (Å²) in [6.07, 6.45) is 4.04. The van der Waals surface area contributed by atoms with Gasteiger partial charge in [-0.15, -0.1) is 0 Å². The van der Waals surface area contributed by atoms with Crippen molar-refractivity contribution in [3.63, 3.8) is 0 Å². The zero-order chi connectivity index (χ0) is 26.7. The molecule has 3 aromatic rings. The number of nitriles is 1. The van der Waals surface area contributed by atoms with E-state index in [1.807, 2.05) is 0 Å². The zero-order valence-corrected chi connectivity index (χ0v) is 22.9. The van der Waals surface area contributed by atoms with E-state index in [0.717, 1.165) is 37.1 Å². The Morgan fingerprint density at radius 1 is 0.921 bits per heavy atom. The number of carboxylic acid groups (broad SMARTS) is 1. The molecule has 1 amide bonds. The topological polar surface area (TPSA) is 87.9 Å². The lowest BCUT2D eigenvalue weighted by Gasteiger charge is -2.47. The molecule has 4 heterocycles. The van der Waals surface area contributed by atoms with Crippen molar-refractivity contribution in [3.8, 4) is 6.19 Å². The third-order valence-corrected chi connectivity index (χ3v) is 12.9. The Kier molecular flexibility index (Phi) is 4.41. The number of fused-ring (bicyclic) bond motifs is 8. The minimum atomic E-state index is -2.31. The zero-order valence-electron chi connectivity index (χ0n) is 21.9. The van der Waals surface area contributed by atoms with Gasteiger partial charge in [-0.05, 0) is 75.8 Å². The van der Waals surface area contributed by atoms with Crippen molar-refractivity contribution in [1.29, 1.82) is 5.26 Å². The molecular formula is C30H28N4O3Si. The second kappa shape index (κ2) is 7.26. The van der Waals surface area contributed by atoms with Gasteiger partial charge in [0.15, 0.2) is 6.19 Å². The van der Waals surface area contributed by atoms with E-state index in [0.29, 0.717) is 11.1 Å². The molecule has 1 N–H and O–H groups in total. The van der Waals surface area contributed by atoms with E-state index in [2.05, 4.69) is 67.4 Å². The fourth-order valence-electron chi connectivity index (χ4n) is 7.33. The fourth-order valence-corrected chi connectivity index (χ4v) is 10.5. The average molecular weight is 521 g/mol. The van der Waals surface area contributed by atoms with Gasteiger partial charge in [-0.25, -0.2) is 9.69 Å². The summed E-state index contributed by atoms with van der Waals surface area (Å²) >= 11 is 0. The van der Waals surface area contributed by atoms with Gasteiger partial charge in [0.2, 0.25) is 0 Å². The highest BCUT2D eigenvalue weighted by molar-refractivity contribution is 7.01. The predicted molar refractivity (Wildman–Crippen MR) is 149 cm³/mol. The smallest absolute Gasteiger partial charge is 0.335 e. The third kappa shape index (κ3) is 2.57. The maximum atomic E-state index is 13.9. The van der Waals surface area contributed by atoms with Gasteiger partial charge in [0.25, 0.3) is 5.91 Å². The van der Waals surface area contributed by atoms with Crippen molar-refractivity contribution in [3.05, 3.63) is 81.4 Å². The van der Waals surface area contributed by atoms with Crippen LogP contribution < -0.4 is 20.2 Å². The quantitative estimate of drug-likeness (QED) is 0.392. The van der Waals surface area contributed by atoms with Crippen LogP contribution in [0.4, 0.5) is 11.4 Å². The van der Waals surface area contributed by atoms with Gasteiger partial charge in [0.05, 0.1) is 5.56 Å². The van der Waals surface area contributed by atoms with E-state index in [-0.39, 0.29) is 11.5 Å². The van der Waals surface area contributed by atoms with Crippen molar-refractivity contribution in [2.24, 2.45) is 0 Å². The third-order valence-electron chi connectivity index (χ3n) is 9.34. The first-order chi connectivity index (χ1) is 18.1. The molecule has 0 saturated heterocycles. The Balaban J connectivity index is 1.68. The van der Waals surface area contributed by atoms with Gasteiger partial charge in [-0.3, -0.25) is 4.79 Å². The van der Waals surface area contributed by atoms with E-state index < -0.39 is 19.6 Å². The summed E-state index contributed by atoms with van der Waals surface area (Å²) in [5.41, 5.74) is 6.62. The molecule has 0 radical (unpaired) electrons. The monoisotopic (exact) mass is 520 g/mol. The number of nitrogens with zero attached hydrogens (tertiary/aromatic N) is 4. The van der Waals surface area contributed by atoms with Gasteiger partial charge >= 0.3 is 5.97 Å². The highest BCUT2D eigenvalue weighted by Crippen LogP contribution is 2.52. The van der Waals surface area contributed by atoms with Gasteiger partial charge in [-0.1, -0.05) is 25.2 Å².